The Balaban J connectivity index is 0.00000264. The lowest BCUT2D eigenvalue weighted by molar-refractivity contribution is -0.134. The molecule has 1 saturated heterocycles. The third-order valence-electron chi connectivity index (χ3n) is 5.17. The zero-order valence-corrected chi connectivity index (χ0v) is 15.8. The molecular weight excluding hydrogens is 314 g/mol. The summed E-state index contributed by atoms with van der Waals surface area (Å²) in [6.45, 7) is 11.5. The number of nitrogens with one attached hydrogen (secondary N) is 1. The van der Waals surface area contributed by atoms with Crippen molar-refractivity contribution in [3.63, 3.8) is 0 Å². The minimum Gasteiger partial charge on any atom is -0.346 e. The van der Waals surface area contributed by atoms with Crippen molar-refractivity contribution in [1.29, 1.82) is 0 Å². The summed E-state index contributed by atoms with van der Waals surface area (Å²) in [5, 5.41) is 2.70. The van der Waals surface area contributed by atoms with Gasteiger partial charge in [0.25, 0.3) is 0 Å². The van der Waals surface area contributed by atoms with Gasteiger partial charge in [-0.25, -0.2) is 0 Å². The van der Waals surface area contributed by atoms with Gasteiger partial charge in [-0.3, -0.25) is 9.59 Å². The van der Waals surface area contributed by atoms with Crippen LogP contribution >= 0.6 is 12.4 Å². The zero-order chi connectivity index (χ0) is 16.7. The van der Waals surface area contributed by atoms with Crippen LogP contribution in [0.4, 0.5) is 0 Å². The van der Waals surface area contributed by atoms with Crippen molar-refractivity contribution < 1.29 is 9.59 Å². The highest BCUT2D eigenvalue weighted by molar-refractivity contribution is 5.87. The molecule has 0 radical (unpaired) electrons. The zero-order valence-electron chi connectivity index (χ0n) is 15.0. The molecule has 3 atom stereocenters. The highest BCUT2D eigenvalue weighted by Crippen LogP contribution is 2.52. The Morgan fingerprint density at radius 1 is 1.26 bits per heavy atom. The van der Waals surface area contributed by atoms with E-state index in [9.17, 15) is 9.59 Å². The van der Waals surface area contributed by atoms with Crippen LogP contribution in [0.3, 0.4) is 0 Å². The first-order valence-corrected chi connectivity index (χ1v) is 8.36. The van der Waals surface area contributed by atoms with Gasteiger partial charge >= 0.3 is 0 Å². The lowest BCUT2D eigenvalue weighted by Crippen LogP contribution is -2.48. The number of nitrogens with two attached hydrogens (primary N) is 1. The first-order chi connectivity index (χ1) is 10.0. The van der Waals surface area contributed by atoms with Crippen LogP contribution in [-0.2, 0) is 9.59 Å². The number of rotatable bonds is 4. The fourth-order valence-corrected chi connectivity index (χ4v) is 4.44. The molecule has 1 heterocycles. The summed E-state index contributed by atoms with van der Waals surface area (Å²) in [6, 6.07) is -0.237. The number of fused-ring (bicyclic) bond motifs is 2. The number of carbonyl (C=O) groups excluding carboxylic acids is 2. The smallest absolute Gasteiger partial charge is 0.242 e. The third kappa shape index (κ3) is 4.60. The van der Waals surface area contributed by atoms with Gasteiger partial charge < -0.3 is 16.0 Å². The van der Waals surface area contributed by atoms with E-state index in [0.29, 0.717) is 6.04 Å². The molecular formula is C17H32ClN3O2. The number of likely N-dealkylation sites (tertiary alicyclic amines) is 1. The fourth-order valence-electron chi connectivity index (χ4n) is 4.44. The second-order valence-corrected chi connectivity index (χ2v) is 8.72. The average molecular weight is 346 g/mol. The predicted molar refractivity (Wildman–Crippen MR) is 94.3 cm³/mol. The minimum absolute atomic E-state index is 0. The summed E-state index contributed by atoms with van der Waals surface area (Å²) in [5.41, 5.74) is 6.32. The second-order valence-electron chi connectivity index (χ2n) is 8.72. The van der Waals surface area contributed by atoms with Gasteiger partial charge in [0, 0.05) is 12.6 Å². The predicted octanol–water partition coefficient (Wildman–Crippen LogP) is 1.93. The van der Waals surface area contributed by atoms with E-state index in [1.54, 1.807) is 0 Å². The maximum atomic E-state index is 12.5. The number of halogens is 1. The Morgan fingerprint density at radius 3 is 2.43 bits per heavy atom. The molecule has 1 aliphatic heterocycles. The van der Waals surface area contributed by atoms with E-state index in [-0.39, 0.29) is 47.5 Å². The lowest BCUT2D eigenvalue weighted by atomic mass is 9.65. The standard InChI is InChI=1S/C17H31N3O2.ClH/c1-11(2)14(18)15(22)19-8-13(21)20-10-17(5)7-12(20)6-16(3,4)9-17;/h11-12,14H,6-10,18H2,1-5H3,(H,19,22);1H/t12?,14-,17?;/m0./s1. The largest absolute Gasteiger partial charge is 0.346 e. The molecule has 1 saturated carbocycles. The van der Waals surface area contributed by atoms with Crippen LogP contribution in [0.15, 0.2) is 0 Å². The Kier molecular flexibility index (Phi) is 6.14. The number of hydrogen-bond donors (Lipinski definition) is 2. The Morgan fingerprint density at radius 2 is 1.87 bits per heavy atom. The molecule has 0 aromatic heterocycles. The summed E-state index contributed by atoms with van der Waals surface area (Å²) in [6.07, 6.45) is 3.29. The highest BCUT2D eigenvalue weighted by Gasteiger charge is 2.50. The summed E-state index contributed by atoms with van der Waals surface area (Å²) in [5.74, 6) is -0.145. The van der Waals surface area contributed by atoms with Gasteiger partial charge in [0.2, 0.25) is 11.8 Å². The normalized spacial score (nSPS) is 29.9. The Labute approximate surface area is 146 Å². The molecule has 2 unspecified atom stereocenters. The quantitative estimate of drug-likeness (QED) is 0.817. The first kappa shape index (κ1) is 20.2. The van der Waals surface area contributed by atoms with Crippen LogP contribution in [0.2, 0.25) is 0 Å². The Bertz CT molecular complexity index is 467. The third-order valence-corrected chi connectivity index (χ3v) is 5.17. The molecule has 2 fully saturated rings. The average Bonchev–Trinajstić information content (AvgIpc) is 2.63. The van der Waals surface area contributed by atoms with E-state index in [2.05, 4.69) is 26.1 Å². The van der Waals surface area contributed by atoms with Crippen molar-refractivity contribution in [3.05, 3.63) is 0 Å². The van der Waals surface area contributed by atoms with Crippen molar-refractivity contribution in [2.75, 3.05) is 13.1 Å². The highest BCUT2D eigenvalue weighted by atomic mass is 35.5. The first-order valence-electron chi connectivity index (χ1n) is 8.36. The van der Waals surface area contributed by atoms with Crippen LogP contribution in [0.1, 0.15) is 53.9 Å². The topological polar surface area (TPSA) is 75.4 Å². The lowest BCUT2D eigenvalue weighted by Gasteiger charge is -2.39. The van der Waals surface area contributed by atoms with Crippen molar-refractivity contribution in [2.24, 2.45) is 22.5 Å². The second kappa shape index (κ2) is 6.98. The number of amides is 2. The van der Waals surface area contributed by atoms with E-state index in [1.165, 1.54) is 0 Å². The van der Waals surface area contributed by atoms with Gasteiger partial charge in [-0.15, -0.1) is 12.4 Å². The van der Waals surface area contributed by atoms with E-state index < -0.39 is 6.04 Å². The molecule has 2 aliphatic rings. The fraction of sp³-hybridized carbons (Fsp3) is 0.882. The molecule has 134 valence electrons. The number of nitrogens with zero attached hydrogens (tertiary/aromatic N) is 1. The van der Waals surface area contributed by atoms with Crippen LogP contribution in [-0.4, -0.2) is 41.9 Å². The van der Waals surface area contributed by atoms with Crippen LogP contribution < -0.4 is 11.1 Å². The molecule has 2 bridgehead atoms. The number of hydrogen-bond acceptors (Lipinski definition) is 3. The van der Waals surface area contributed by atoms with Crippen LogP contribution in [0.25, 0.3) is 0 Å². The van der Waals surface area contributed by atoms with Crippen molar-refractivity contribution in [3.8, 4) is 0 Å². The maximum absolute atomic E-state index is 12.5. The van der Waals surface area contributed by atoms with Gasteiger partial charge in [0.1, 0.15) is 0 Å². The van der Waals surface area contributed by atoms with Gasteiger partial charge in [0.05, 0.1) is 12.6 Å². The van der Waals surface area contributed by atoms with E-state index in [0.717, 1.165) is 25.8 Å². The van der Waals surface area contributed by atoms with E-state index >= 15 is 0 Å². The maximum Gasteiger partial charge on any atom is 0.242 e. The molecule has 2 amide bonds. The molecule has 0 aromatic rings. The monoisotopic (exact) mass is 345 g/mol. The van der Waals surface area contributed by atoms with Crippen LogP contribution in [0.5, 0.6) is 0 Å². The molecule has 6 heteroatoms. The SMILES string of the molecule is CC(C)[C@H](N)C(=O)NCC(=O)N1CC2(C)CC1CC(C)(C)C2.Cl. The van der Waals surface area contributed by atoms with Gasteiger partial charge in [-0.1, -0.05) is 34.6 Å². The van der Waals surface area contributed by atoms with Crippen molar-refractivity contribution in [1.82, 2.24) is 10.2 Å². The van der Waals surface area contributed by atoms with E-state index in [4.69, 9.17) is 5.73 Å². The van der Waals surface area contributed by atoms with Crippen LogP contribution in [0, 0.1) is 16.7 Å². The molecule has 5 nitrogen and oxygen atoms in total. The van der Waals surface area contributed by atoms with Gasteiger partial charge in [-0.2, -0.15) is 0 Å². The molecule has 3 N–H and O–H groups in total. The van der Waals surface area contributed by atoms with Crippen molar-refractivity contribution >= 4 is 24.2 Å². The summed E-state index contributed by atoms with van der Waals surface area (Å²) < 4.78 is 0. The van der Waals surface area contributed by atoms with Gasteiger partial charge in [-0.05, 0) is 36.0 Å². The minimum atomic E-state index is -0.554. The van der Waals surface area contributed by atoms with E-state index in [1.807, 2.05) is 18.7 Å². The molecule has 0 aromatic carbocycles. The molecule has 1 aliphatic carbocycles. The summed E-state index contributed by atoms with van der Waals surface area (Å²) in [4.78, 5) is 26.4. The Hall–Kier alpha value is -0.810. The molecule has 2 rings (SSSR count). The number of carbonyl (C=O) groups is 2. The van der Waals surface area contributed by atoms with Gasteiger partial charge in [0.15, 0.2) is 0 Å². The van der Waals surface area contributed by atoms with Crippen molar-refractivity contribution in [2.45, 2.75) is 66.0 Å². The molecule has 23 heavy (non-hydrogen) atoms. The summed E-state index contributed by atoms with van der Waals surface area (Å²) >= 11 is 0. The summed E-state index contributed by atoms with van der Waals surface area (Å²) in [7, 11) is 0. The molecule has 0 spiro atoms.